The number of H-pyrrole nitrogens is 1. The van der Waals surface area contributed by atoms with Crippen molar-refractivity contribution in [3.05, 3.63) is 90.1 Å². The molecular weight excluding hydrogens is 393 g/mol. The average molecular weight is 411 g/mol. The molecule has 0 saturated carbocycles. The summed E-state index contributed by atoms with van der Waals surface area (Å²) in [6.07, 6.45) is 3.47. The first kappa shape index (κ1) is 17.8. The monoisotopic (exact) mass is 411 g/mol. The standard InChI is InChI=1S/C25H18FN3O2/c26-18-7-8-22-20(10-18)23(11-27-22)28-25(30)29-12-16-6-5-15(9-17(16)13-29)21-14-31-24-4-2-1-3-19(21)24/h1-11,14,27H,12-13H2,(H,28,30). The summed E-state index contributed by atoms with van der Waals surface area (Å²) in [6.45, 7) is 1.05. The van der Waals surface area contributed by atoms with E-state index in [1.807, 2.05) is 24.3 Å². The number of halogens is 1. The van der Waals surface area contributed by atoms with Gasteiger partial charge in [-0.25, -0.2) is 9.18 Å². The summed E-state index contributed by atoms with van der Waals surface area (Å²) in [7, 11) is 0. The lowest BCUT2D eigenvalue weighted by Gasteiger charge is -2.16. The van der Waals surface area contributed by atoms with Gasteiger partial charge in [0.25, 0.3) is 0 Å². The van der Waals surface area contributed by atoms with E-state index in [1.54, 1.807) is 23.4 Å². The first-order valence-corrected chi connectivity index (χ1v) is 10.1. The number of aromatic nitrogens is 1. The summed E-state index contributed by atoms with van der Waals surface area (Å²) in [6, 6.07) is 18.5. The third kappa shape index (κ3) is 2.95. The third-order valence-electron chi connectivity index (χ3n) is 5.89. The second-order valence-electron chi connectivity index (χ2n) is 7.81. The summed E-state index contributed by atoms with van der Waals surface area (Å²) < 4.78 is 19.3. The number of fused-ring (bicyclic) bond motifs is 3. The molecule has 1 aliphatic heterocycles. The van der Waals surface area contributed by atoms with Crippen LogP contribution in [-0.4, -0.2) is 15.9 Å². The molecule has 0 radical (unpaired) electrons. The average Bonchev–Trinajstić information content (AvgIpc) is 3.49. The van der Waals surface area contributed by atoms with Crippen LogP contribution < -0.4 is 5.32 Å². The van der Waals surface area contributed by atoms with Gasteiger partial charge in [-0.05, 0) is 47.0 Å². The number of amides is 2. The Labute approximate surface area is 177 Å². The zero-order valence-corrected chi connectivity index (χ0v) is 16.5. The van der Waals surface area contributed by atoms with Gasteiger partial charge in [-0.2, -0.15) is 0 Å². The van der Waals surface area contributed by atoms with Crippen molar-refractivity contribution >= 4 is 33.6 Å². The normalized spacial score (nSPS) is 13.1. The number of furan rings is 1. The number of aromatic amines is 1. The molecule has 3 heterocycles. The number of para-hydroxylation sites is 1. The molecule has 0 atom stereocenters. The minimum Gasteiger partial charge on any atom is -0.464 e. The molecule has 2 N–H and O–H groups in total. The summed E-state index contributed by atoms with van der Waals surface area (Å²) >= 11 is 0. The van der Waals surface area contributed by atoms with E-state index in [0.717, 1.165) is 38.7 Å². The number of urea groups is 1. The van der Waals surface area contributed by atoms with Gasteiger partial charge < -0.3 is 19.6 Å². The molecule has 0 spiro atoms. The van der Waals surface area contributed by atoms with Gasteiger partial charge in [-0.1, -0.05) is 30.3 Å². The number of nitrogens with zero attached hydrogens (tertiary/aromatic N) is 1. The highest BCUT2D eigenvalue weighted by atomic mass is 19.1. The number of nitrogens with one attached hydrogen (secondary N) is 2. The minimum atomic E-state index is -0.338. The van der Waals surface area contributed by atoms with Crippen LogP contribution in [0.4, 0.5) is 14.9 Å². The van der Waals surface area contributed by atoms with Gasteiger partial charge in [0.1, 0.15) is 11.4 Å². The summed E-state index contributed by atoms with van der Waals surface area (Å²) in [5.41, 5.74) is 6.55. The fraction of sp³-hybridized carbons (Fsp3) is 0.0800. The molecule has 31 heavy (non-hydrogen) atoms. The van der Waals surface area contributed by atoms with Crippen LogP contribution in [0.1, 0.15) is 11.1 Å². The van der Waals surface area contributed by atoms with E-state index in [0.29, 0.717) is 24.2 Å². The van der Waals surface area contributed by atoms with E-state index in [-0.39, 0.29) is 11.8 Å². The molecule has 0 unspecified atom stereocenters. The number of hydrogen-bond acceptors (Lipinski definition) is 2. The fourth-order valence-corrected chi connectivity index (χ4v) is 4.30. The molecule has 0 bridgehead atoms. The van der Waals surface area contributed by atoms with E-state index in [9.17, 15) is 9.18 Å². The van der Waals surface area contributed by atoms with Gasteiger partial charge in [0.05, 0.1) is 12.0 Å². The summed E-state index contributed by atoms with van der Waals surface area (Å²) in [4.78, 5) is 17.7. The van der Waals surface area contributed by atoms with E-state index in [4.69, 9.17) is 4.42 Å². The molecular formula is C25H18FN3O2. The Morgan fingerprint density at radius 2 is 1.87 bits per heavy atom. The second kappa shape index (κ2) is 6.74. The Kier molecular flexibility index (Phi) is 3.86. The van der Waals surface area contributed by atoms with Crippen LogP contribution in [-0.2, 0) is 13.1 Å². The maximum atomic E-state index is 13.6. The molecule has 6 rings (SSSR count). The first-order valence-electron chi connectivity index (χ1n) is 10.1. The van der Waals surface area contributed by atoms with Crippen LogP contribution in [0.25, 0.3) is 33.0 Å². The van der Waals surface area contributed by atoms with Crippen molar-refractivity contribution in [2.24, 2.45) is 0 Å². The summed E-state index contributed by atoms with van der Waals surface area (Å²) in [5.74, 6) is -0.338. The van der Waals surface area contributed by atoms with Crippen molar-refractivity contribution in [2.75, 3.05) is 5.32 Å². The Hall–Kier alpha value is -4.06. The molecule has 152 valence electrons. The number of anilines is 1. The van der Waals surface area contributed by atoms with Crippen LogP contribution in [0.3, 0.4) is 0 Å². The van der Waals surface area contributed by atoms with E-state index in [2.05, 4.69) is 28.5 Å². The van der Waals surface area contributed by atoms with E-state index in [1.165, 1.54) is 12.1 Å². The Balaban J connectivity index is 1.25. The largest absolute Gasteiger partial charge is 0.464 e. The zero-order chi connectivity index (χ0) is 20.9. The number of carbonyl (C=O) groups is 1. The van der Waals surface area contributed by atoms with Crippen LogP contribution in [0, 0.1) is 5.82 Å². The lowest BCUT2D eigenvalue weighted by atomic mass is 10.0. The molecule has 2 aromatic heterocycles. The van der Waals surface area contributed by atoms with Crippen molar-refractivity contribution < 1.29 is 13.6 Å². The Morgan fingerprint density at radius 3 is 2.81 bits per heavy atom. The number of benzene rings is 3. The molecule has 1 aliphatic rings. The number of hydrogen-bond donors (Lipinski definition) is 2. The van der Waals surface area contributed by atoms with Crippen molar-refractivity contribution in [2.45, 2.75) is 13.1 Å². The van der Waals surface area contributed by atoms with Crippen molar-refractivity contribution in [3.8, 4) is 11.1 Å². The highest BCUT2D eigenvalue weighted by molar-refractivity contribution is 6.01. The van der Waals surface area contributed by atoms with Crippen LogP contribution >= 0.6 is 0 Å². The highest BCUT2D eigenvalue weighted by Gasteiger charge is 2.25. The quantitative estimate of drug-likeness (QED) is 0.360. The predicted octanol–water partition coefficient (Wildman–Crippen LogP) is 6.27. The first-order chi connectivity index (χ1) is 15.2. The van der Waals surface area contributed by atoms with Gasteiger partial charge in [-0.3, -0.25) is 0 Å². The number of carbonyl (C=O) groups excluding carboxylic acids is 1. The van der Waals surface area contributed by atoms with Crippen LogP contribution in [0.15, 0.2) is 77.5 Å². The zero-order valence-electron chi connectivity index (χ0n) is 16.5. The van der Waals surface area contributed by atoms with Crippen molar-refractivity contribution in [1.82, 2.24) is 9.88 Å². The molecule has 0 aliphatic carbocycles. The lowest BCUT2D eigenvalue weighted by molar-refractivity contribution is 0.212. The molecule has 5 aromatic rings. The Morgan fingerprint density at radius 1 is 1.00 bits per heavy atom. The number of rotatable bonds is 2. The van der Waals surface area contributed by atoms with Crippen molar-refractivity contribution in [1.29, 1.82) is 0 Å². The van der Waals surface area contributed by atoms with Gasteiger partial charge >= 0.3 is 6.03 Å². The molecule has 3 aromatic carbocycles. The van der Waals surface area contributed by atoms with Crippen LogP contribution in [0.2, 0.25) is 0 Å². The Bertz CT molecular complexity index is 1470. The smallest absolute Gasteiger partial charge is 0.322 e. The van der Waals surface area contributed by atoms with Crippen LogP contribution in [0.5, 0.6) is 0 Å². The SMILES string of the molecule is O=C(Nc1c[nH]c2ccc(F)cc12)N1Cc2ccc(-c3coc4ccccc34)cc2C1. The second-order valence-corrected chi connectivity index (χ2v) is 7.81. The van der Waals surface area contributed by atoms with Gasteiger partial charge in [-0.15, -0.1) is 0 Å². The van der Waals surface area contributed by atoms with Gasteiger partial charge in [0, 0.05) is 41.1 Å². The molecule has 0 fully saturated rings. The van der Waals surface area contributed by atoms with E-state index < -0.39 is 0 Å². The van der Waals surface area contributed by atoms with Crippen molar-refractivity contribution in [3.63, 3.8) is 0 Å². The molecule has 2 amide bonds. The van der Waals surface area contributed by atoms with Gasteiger partial charge in [0.15, 0.2) is 0 Å². The fourth-order valence-electron chi connectivity index (χ4n) is 4.30. The van der Waals surface area contributed by atoms with E-state index >= 15 is 0 Å². The summed E-state index contributed by atoms with van der Waals surface area (Å²) in [5, 5.41) is 4.63. The minimum absolute atomic E-state index is 0.211. The highest BCUT2D eigenvalue weighted by Crippen LogP contribution is 2.34. The lowest BCUT2D eigenvalue weighted by Crippen LogP contribution is -2.30. The third-order valence-corrected chi connectivity index (χ3v) is 5.89. The molecule has 5 nitrogen and oxygen atoms in total. The maximum absolute atomic E-state index is 13.6. The predicted molar refractivity (Wildman–Crippen MR) is 118 cm³/mol. The maximum Gasteiger partial charge on any atom is 0.322 e. The molecule has 0 saturated heterocycles. The van der Waals surface area contributed by atoms with Gasteiger partial charge in [0.2, 0.25) is 0 Å². The molecule has 6 heteroatoms. The topological polar surface area (TPSA) is 61.3 Å².